The number of hydrogen-bond donors (Lipinski definition) is 0. The molecular weight excluding hydrogens is 314 g/mol. The van der Waals surface area contributed by atoms with Crippen LogP contribution in [0.3, 0.4) is 0 Å². The molecule has 18 heavy (non-hydrogen) atoms. The summed E-state index contributed by atoms with van der Waals surface area (Å²) in [6, 6.07) is 7.19. The fourth-order valence-electron chi connectivity index (χ4n) is 2.39. The van der Waals surface area contributed by atoms with Gasteiger partial charge < -0.3 is 0 Å². The summed E-state index contributed by atoms with van der Waals surface area (Å²) in [5.74, 6) is 0.489. The van der Waals surface area contributed by atoms with E-state index in [9.17, 15) is 8.42 Å². The lowest BCUT2D eigenvalue weighted by Gasteiger charge is -2.17. The molecule has 3 nitrogen and oxygen atoms in total. The van der Waals surface area contributed by atoms with E-state index in [1.54, 1.807) is 16.4 Å². The highest BCUT2D eigenvalue weighted by atomic mass is 79.9. The molecular formula is C13H18BrNO2S. The van der Waals surface area contributed by atoms with Gasteiger partial charge in [-0.25, -0.2) is 8.42 Å². The van der Waals surface area contributed by atoms with Crippen LogP contribution in [-0.4, -0.2) is 31.1 Å². The number of benzene rings is 1. The first-order valence-corrected chi connectivity index (χ1v) is 8.73. The minimum absolute atomic E-state index is 0.449. The Hall–Kier alpha value is -0.390. The zero-order valence-corrected chi connectivity index (χ0v) is 12.9. The zero-order valence-electron chi connectivity index (χ0n) is 10.5. The normalized spacial score (nSPS) is 21.3. The summed E-state index contributed by atoms with van der Waals surface area (Å²) in [5, 5.41) is 0.940. The molecule has 0 aromatic heterocycles. The molecule has 1 aliphatic heterocycles. The molecule has 0 spiro atoms. The van der Waals surface area contributed by atoms with Gasteiger partial charge in [0.1, 0.15) is 0 Å². The van der Waals surface area contributed by atoms with Gasteiger partial charge in [0.25, 0.3) is 0 Å². The third-order valence-corrected chi connectivity index (χ3v) is 5.96. The van der Waals surface area contributed by atoms with E-state index in [1.807, 2.05) is 19.1 Å². The Morgan fingerprint density at radius 1 is 1.39 bits per heavy atom. The van der Waals surface area contributed by atoms with Crippen LogP contribution in [0.15, 0.2) is 29.2 Å². The quantitative estimate of drug-likeness (QED) is 0.795. The van der Waals surface area contributed by atoms with Crippen molar-refractivity contribution >= 4 is 26.0 Å². The Bertz CT molecular complexity index is 515. The molecule has 5 heteroatoms. The number of halogens is 1. The van der Waals surface area contributed by atoms with E-state index < -0.39 is 10.0 Å². The summed E-state index contributed by atoms with van der Waals surface area (Å²) in [5.41, 5.74) is 0.821. The molecule has 1 saturated heterocycles. The highest BCUT2D eigenvalue weighted by molar-refractivity contribution is 9.09. The standard InChI is InChI=1S/C13H18BrNO2S/c1-11-4-2-3-5-13(11)18(16,17)15-9-7-12(10-15)6-8-14/h2-5,12H,6-10H2,1H3. The van der Waals surface area contributed by atoms with Gasteiger partial charge >= 0.3 is 0 Å². The summed E-state index contributed by atoms with van der Waals surface area (Å²) < 4.78 is 26.7. The van der Waals surface area contributed by atoms with E-state index in [0.717, 1.165) is 23.7 Å². The molecule has 0 N–H and O–H groups in total. The third-order valence-electron chi connectivity index (χ3n) is 3.48. The van der Waals surface area contributed by atoms with Crippen molar-refractivity contribution in [3.05, 3.63) is 29.8 Å². The highest BCUT2D eigenvalue weighted by Gasteiger charge is 2.32. The van der Waals surface area contributed by atoms with Crippen LogP contribution in [0, 0.1) is 12.8 Å². The monoisotopic (exact) mass is 331 g/mol. The molecule has 0 saturated carbocycles. The maximum absolute atomic E-state index is 12.5. The number of aryl methyl sites for hydroxylation is 1. The van der Waals surface area contributed by atoms with Gasteiger partial charge in [0.15, 0.2) is 0 Å². The lowest BCUT2D eigenvalue weighted by molar-refractivity contribution is 0.454. The molecule has 0 radical (unpaired) electrons. The van der Waals surface area contributed by atoms with Gasteiger partial charge in [-0.3, -0.25) is 0 Å². The predicted octanol–water partition coefficient (Wildman–Crippen LogP) is 2.79. The van der Waals surface area contributed by atoms with Gasteiger partial charge in [-0.2, -0.15) is 4.31 Å². The van der Waals surface area contributed by atoms with Gasteiger partial charge in [0.05, 0.1) is 4.90 Å². The lowest BCUT2D eigenvalue weighted by Crippen LogP contribution is -2.29. The SMILES string of the molecule is Cc1ccccc1S(=O)(=O)N1CCC(CCBr)C1. The molecule has 1 heterocycles. The molecule has 100 valence electrons. The van der Waals surface area contributed by atoms with Gasteiger partial charge in [-0.1, -0.05) is 34.1 Å². The fourth-order valence-corrected chi connectivity index (χ4v) is 4.79. The zero-order chi connectivity index (χ0) is 13.2. The highest BCUT2D eigenvalue weighted by Crippen LogP contribution is 2.27. The van der Waals surface area contributed by atoms with Crippen molar-refractivity contribution in [2.24, 2.45) is 5.92 Å². The summed E-state index contributed by atoms with van der Waals surface area (Å²) in [6.45, 7) is 3.15. The average Bonchev–Trinajstić information content (AvgIpc) is 2.79. The van der Waals surface area contributed by atoms with E-state index in [1.165, 1.54) is 0 Å². The van der Waals surface area contributed by atoms with E-state index in [2.05, 4.69) is 15.9 Å². The molecule has 2 rings (SSSR count). The molecule has 1 atom stereocenters. The first-order chi connectivity index (χ1) is 8.55. The van der Waals surface area contributed by atoms with Crippen LogP contribution < -0.4 is 0 Å². The Balaban J connectivity index is 2.21. The molecule has 1 aromatic rings. The second kappa shape index (κ2) is 5.72. The van der Waals surface area contributed by atoms with E-state index >= 15 is 0 Å². The van der Waals surface area contributed by atoms with Crippen LogP contribution >= 0.6 is 15.9 Å². The average molecular weight is 332 g/mol. The Morgan fingerprint density at radius 3 is 2.78 bits per heavy atom. The number of alkyl halides is 1. The van der Waals surface area contributed by atoms with Crippen molar-refractivity contribution in [1.29, 1.82) is 0 Å². The second-order valence-electron chi connectivity index (χ2n) is 4.76. The molecule has 1 fully saturated rings. The molecule has 1 unspecified atom stereocenters. The summed E-state index contributed by atoms with van der Waals surface area (Å²) in [7, 11) is -3.30. The maximum atomic E-state index is 12.5. The number of hydrogen-bond acceptors (Lipinski definition) is 2. The molecule has 1 aliphatic rings. The van der Waals surface area contributed by atoms with Crippen LogP contribution in [0.25, 0.3) is 0 Å². The van der Waals surface area contributed by atoms with Gasteiger partial charge in [0.2, 0.25) is 10.0 Å². The van der Waals surface area contributed by atoms with Crippen LogP contribution in [-0.2, 0) is 10.0 Å². The van der Waals surface area contributed by atoms with Gasteiger partial charge in [-0.05, 0) is 37.3 Å². The number of sulfonamides is 1. The van der Waals surface area contributed by atoms with E-state index in [0.29, 0.717) is 23.9 Å². The number of nitrogens with zero attached hydrogens (tertiary/aromatic N) is 1. The van der Waals surface area contributed by atoms with Crippen molar-refractivity contribution in [3.63, 3.8) is 0 Å². The first-order valence-electron chi connectivity index (χ1n) is 6.17. The second-order valence-corrected chi connectivity index (χ2v) is 7.46. The smallest absolute Gasteiger partial charge is 0.207 e. The Labute approximate surface area is 117 Å². The van der Waals surface area contributed by atoms with Crippen molar-refractivity contribution in [1.82, 2.24) is 4.31 Å². The summed E-state index contributed by atoms with van der Waals surface area (Å²) >= 11 is 3.42. The van der Waals surface area contributed by atoms with Crippen LogP contribution in [0.1, 0.15) is 18.4 Å². The van der Waals surface area contributed by atoms with Crippen molar-refractivity contribution in [2.75, 3.05) is 18.4 Å². The minimum atomic E-state index is -3.30. The predicted molar refractivity (Wildman–Crippen MR) is 76.5 cm³/mol. The van der Waals surface area contributed by atoms with E-state index in [-0.39, 0.29) is 0 Å². The van der Waals surface area contributed by atoms with Crippen molar-refractivity contribution < 1.29 is 8.42 Å². The van der Waals surface area contributed by atoms with Crippen LogP contribution in [0.4, 0.5) is 0 Å². The lowest BCUT2D eigenvalue weighted by atomic mass is 10.1. The summed E-state index contributed by atoms with van der Waals surface area (Å²) in [4.78, 5) is 0.449. The molecule has 0 amide bonds. The van der Waals surface area contributed by atoms with Crippen LogP contribution in [0.2, 0.25) is 0 Å². The van der Waals surface area contributed by atoms with Crippen molar-refractivity contribution in [2.45, 2.75) is 24.7 Å². The Morgan fingerprint density at radius 2 is 2.11 bits per heavy atom. The topological polar surface area (TPSA) is 37.4 Å². The maximum Gasteiger partial charge on any atom is 0.243 e. The summed E-state index contributed by atoms with van der Waals surface area (Å²) in [6.07, 6.45) is 2.01. The van der Waals surface area contributed by atoms with Gasteiger partial charge in [0, 0.05) is 18.4 Å². The molecule has 0 bridgehead atoms. The largest absolute Gasteiger partial charge is 0.243 e. The van der Waals surface area contributed by atoms with Crippen LogP contribution in [0.5, 0.6) is 0 Å². The molecule has 1 aromatic carbocycles. The first kappa shape index (κ1) is 14.0. The fraction of sp³-hybridized carbons (Fsp3) is 0.538. The van der Waals surface area contributed by atoms with E-state index in [4.69, 9.17) is 0 Å². The van der Waals surface area contributed by atoms with Crippen molar-refractivity contribution in [3.8, 4) is 0 Å². The Kier molecular flexibility index (Phi) is 4.45. The minimum Gasteiger partial charge on any atom is -0.207 e. The number of rotatable bonds is 4. The third kappa shape index (κ3) is 2.78. The van der Waals surface area contributed by atoms with Gasteiger partial charge in [-0.15, -0.1) is 0 Å². The molecule has 0 aliphatic carbocycles.